The maximum atomic E-state index is 11.0. The van der Waals surface area contributed by atoms with Crippen molar-refractivity contribution in [1.29, 1.82) is 0 Å². The van der Waals surface area contributed by atoms with E-state index in [1.165, 1.54) is 4.68 Å². The summed E-state index contributed by atoms with van der Waals surface area (Å²) in [5, 5.41) is 15.2. The molecule has 0 unspecified atom stereocenters. The average molecular weight is 263 g/mol. The number of hydrazine groups is 1. The van der Waals surface area contributed by atoms with Crippen LogP contribution >= 0.6 is 0 Å². The molecule has 9 heteroatoms. The van der Waals surface area contributed by atoms with Gasteiger partial charge in [0.2, 0.25) is 11.8 Å². The number of nitrogens with zero attached hydrogens (tertiary/aromatic N) is 5. The number of hydrogen-bond donors (Lipinski definition) is 2. The van der Waals surface area contributed by atoms with Gasteiger partial charge in [-0.2, -0.15) is 10.1 Å². The number of aromatic nitrogens is 4. The van der Waals surface area contributed by atoms with Crippen LogP contribution in [0, 0.1) is 10.1 Å². The molecule has 2 rings (SSSR count). The molecule has 0 amide bonds. The fourth-order valence-corrected chi connectivity index (χ4v) is 1.50. The van der Waals surface area contributed by atoms with Crippen molar-refractivity contribution >= 4 is 11.6 Å². The van der Waals surface area contributed by atoms with Gasteiger partial charge in [0.1, 0.15) is 6.20 Å². The zero-order chi connectivity index (χ0) is 14.0. The largest absolute Gasteiger partial charge is 0.332 e. The van der Waals surface area contributed by atoms with Gasteiger partial charge in [0.15, 0.2) is 0 Å². The van der Waals surface area contributed by atoms with Crippen LogP contribution in [0.4, 0.5) is 11.6 Å². The van der Waals surface area contributed by atoms with Gasteiger partial charge in [0.05, 0.1) is 10.6 Å². The summed E-state index contributed by atoms with van der Waals surface area (Å²) >= 11 is 0. The quantitative estimate of drug-likeness (QED) is 0.478. The van der Waals surface area contributed by atoms with E-state index in [0.717, 1.165) is 11.9 Å². The Balaban J connectivity index is 2.54. The number of nitro groups is 1. The van der Waals surface area contributed by atoms with E-state index in [1.807, 2.05) is 13.8 Å². The Hall–Kier alpha value is -2.55. The van der Waals surface area contributed by atoms with E-state index in [1.54, 1.807) is 12.3 Å². The van der Waals surface area contributed by atoms with Crippen molar-refractivity contribution in [2.45, 2.75) is 19.8 Å². The van der Waals surface area contributed by atoms with Crippen LogP contribution < -0.4 is 11.3 Å². The predicted octanol–water partition coefficient (Wildman–Crippen LogP) is 0.980. The second-order valence-corrected chi connectivity index (χ2v) is 4.14. The first-order valence-corrected chi connectivity index (χ1v) is 5.57. The standard InChI is InChI=1S/C10H13N7O2/c1-6(2)7-3-4-16(15-7)9-8(17(18)19)5-12-10(13-9)14-11/h3-6H,11H2,1-2H3,(H,12,13,14). The molecule has 0 bridgehead atoms. The van der Waals surface area contributed by atoms with E-state index in [-0.39, 0.29) is 23.4 Å². The molecule has 19 heavy (non-hydrogen) atoms. The third-order valence-electron chi connectivity index (χ3n) is 2.49. The van der Waals surface area contributed by atoms with E-state index < -0.39 is 4.92 Å². The molecule has 0 aromatic carbocycles. The number of nitrogens with one attached hydrogen (secondary N) is 1. The first-order chi connectivity index (χ1) is 9.02. The molecule has 2 aromatic rings. The van der Waals surface area contributed by atoms with Crippen LogP contribution in [-0.4, -0.2) is 24.7 Å². The van der Waals surface area contributed by atoms with Gasteiger partial charge in [-0.3, -0.25) is 15.5 Å². The van der Waals surface area contributed by atoms with Crippen molar-refractivity contribution in [3.05, 3.63) is 34.3 Å². The zero-order valence-electron chi connectivity index (χ0n) is 10.4. The smallest absolute Gasteiger partial charge is 0.292 e. The maximum Gasteiger partial charge on any atom is 0.332 e. The van der Waals surface area contributed by atoms with Gasteiger partial charge < -0.3 is 0 Å². The summed E-state index contributed by atoms with van der Waals surface area (Å²) in [6.45, 7) is 3.96. The van der Waals surface area contributed by atoms with Crippen LogP contribution in [0.5, 0.6) is 0 Å². The molecule has 2 heterocycles. The first-order valence-electron chi connectivity index (χ1n) is 5.57. The number of nitrogens with two attached hydrogens (primary N) is 1. The predicted molar refractivity (Wildman–Crippen MR) is 67.7 cm³/mol. The van der Waals surface area contributed by atoms with Crippen molar-refractivity contribution in [2.75, 3.05) is 5.43 Å². The van der Waals surface area contributed by atoms with Gasteiger partial charge in [-0.05, 0) is 12.0 Å². The summed E-state index contributed by atoms with van der Waals surface area (Å²) in [6, 6.07) is 1.78. The van der Waals surface area contributed by atoms with Crippen LogP contribution in [0.1, 0.15) is 25.5 Å². The molecule has 3 N–H and O–H groups in total. The summed E-state index contributed by atoms with van der Waals surface area (Å²) in [4.78, 5) is 18.1. The molecule has 0 aliphatic heterocycles. The van der Waals surface area contributed by atoms with Gasteiger partial charge in [0, 0.05) is 6.20 Å². The molecule has 0 saturated heterocycles. The Kier molecular flexibility index (Phi) is 3.38. The zero-order valence-corrected chi connectivity index (χ0v) is 10.4. The van der Waals surface area contributed by atoms with Crippen molar-refractivity contribution in [2.24, 2.45) is 5.84 Å². The Bertz CT molecular complexity index is 608. The monoisotopic (exact) mass is 263 g/mol. The topological polar surface area (TPSA) is 125 Å². The van der Waals surface area contributed by atoms with E-state index >= 15 is 0 Å². The molecule has 2 aromatic heterocycles. The number of rotatable bonds is 4. The van der Waals surface area contributed by atoms with E-state index in [2.05, 4.69) is 20.5 Å². The van der Waals surface area contributed by atoms with Gasteiger partial charge in [0.25, 0.3) is 0 Å². The molecule has 0 aliphatic rings. The van der Waals surface area contributed by atoms with Gasteiger partial charge in [-0.15, -0.1) is 0 Å². The van der Waals surface area contributed by atoms with Crippen LogP contribution in [-0.2, 0) is 0 Å². The van der Waals surface area contributed by atoms with Crippen molar-refractivity contribution in [3.63, 3.8) is 0 Å². The van der Waals surface area contributed by atoms with Gasteiger partial charge >= 0.3 is 5.69 Å². The molecule has 100 valence electrons. The molecule has 9 nitrogen and oxygen atoms in total. The highest BCUT2D eigenvalue weighted by Gasteiger charge is 2.20. The minimum Gasteiger partial charge on any atom is -0.292 e. The maximum absolute atomic E-state index is 11.0. The molecule has 0 aliphatic carbocycles. The lowest BCUT2D eigenvalue weighted by atomic mass is 10.1. The molecule has 0 radical (unpaired) electrons. The first kappa shape index (κ1) is 12.9. The Labute approximate surface area is 108 Å². The second kappa shape index (κ2) is 4.98. The summed E-state index contributed by atoms with van der Waals surface area (Å²) in [5.41, 5.74) is 2.82. The fraction of sp³-hybridized carbons (Fsp3) is 0.300. The molecular weight excluding hydrogens is 250 g/mol. The lowest BCUT2D eigenvalue weighted by Crippen LogP contribution is -2.13. The normalized spacial score (nSPS) is 10.7. The van der Waals surface area contributed by atoms with E-state index in [0.29, 0.717) is 0 Å². The highest BCUT2D eigenvalue weighted by molar-refractivity contribution is 5.48. The average Bonchev–Trinajstić information content (AvgIpc) is 2.87. The van der Waals surface area contributed by atoms with Crippen LogP contribution in [0.25, 0.3) is 5.82 Å². The molecule has 0 saturated carbocycles. The fourth-order valence-electron chi connectivity index (χ4n) is 1.50. The molecule has 0 fully saturated rings. The lowest BCUT2D eigenvalue weighted by Gasteiger charge is -2.04. The molecule has 0 atom stereocenters. The van der Waals surface area contributed by atoms with E-state index in [9.17, 15) is 10.1 Å². The lowest BCUT2D eigenvalue weighted by molar-refractivity contribution is -0.385. The van der Waals surface area contributed by atoms with Gasteiger partial charge in [-0.25, -0.2) is 15.5 Å². The highest BCUT2D eigenvalue weighted by Crippen LogP contribution is 2.21. The van der Waals surface area contributed by atoms with Crippen molar-refractivity contribution in [3.8, 4) is 5.82 Å². The Morgan fingerprint density at radius 3 is 2.79 bits per heavy atom. The summed E-state index contributed by atoms with van der Waals surface area (Å²) in [5.74, 6) is 5.57. The molecule has 0 spiro atoms. The van der Waals surface area contributed by atoms with Crippen LogP contribution in [0.15, 0.2) is 18.5 Å². The van der Waals surface area contributed by atoms with Crippen LogP contribution in [0.3, 0.4) is 0 Å². The number of anilines is 1. The summed E-state index contributed by atoms with van der Waals surface area (Å²) in [6.07, 6.45) is 2.71. The SMILES string of the molecule is CC(C)c1ccn(-c2nc(NN)ncc2[N+](=O)[O-])n1. The Morgan fingerprint density at radius 1 is 1.53 bits per heavy atom. The van der Waals surface area contributed by atoms with E-state index in [4.69, 9.17) is 5.84 Å². The second-order valence-electron chi connectivity index (χ2n) is 4.14. The Morgan fingerprint density at radius 2 is 2.26 bits per heavy atom. The number of nitrogen functional groups attached to an aromatic ring is 1. The summed E-state index contributed by atoms with van der Waals surface area (Å²) in [7, 11) is 0. The van der Waals surface area contributed by atoms with Crippen molar-refractivity contribution < 1.29 is 4.92 Å². The number of hydrogen-bond acceptors (Lipinski definition) is 7. The van der Waals surface area contributed by atoms with Crippen LogP contribution in [0.2, 0.25) is 0 Å². The third kappa shape index (κ3) is 2.50. The minimum atomic E-state index is -0.563. The van der Waals surface area contributed by atoms with Gasteiger partial charge in [-0.1, -0.05) is 13.8 Å². The summed E-state index contributed by atoms with van der Waals surface area (Å²) < 4.78 is 1.34. The minimum absolute atomic E-state index is 0.0693. The highest BCUT2D eigenvalue weighted by atomic mass is 16.6. The molecular formula is C10H13N7O2. The third-order valence-corrected chi connectivity index (χ3v) is 2.49. The van der Waals surface area contributed by atoms with Crippen molar-refractivity contribution in [1.82, 2.24) is 19.7 Å².